The van der Waals surface area contributed by atoms with Gasteiger partial charge in [-0.3, -0.25) is 9.69 Å². The van der Waals surface area contributed by atoms with Gasteiger partial charge in [0.25, 0.3) is 5.91 Å². The SMILES string of the molecule is COc1cccc(C(=O)NCC2CCN(Cc3ccccc3SC)CC2)c1. The first-order valence-corrected chi connectivity index (χ1v) is 10.7. The second-order valence-corrected chi connectivity index (χ2v) is 7.82. The van der Waals surface area contributed by atoms with Crippen molar-refractivity contribution in [3.05, 3.63) is 59.7 Å². The van der Waals surface area contributed by atoms with E-state index >= 15 is 0 Å². The number of ether oxygens (including phenoxy) is 1. The van der Waals surface area contributed by atoms with Crippen molar-refractivity contribution in [2.45, 2.75) is 24.3 Å². The van der Waals surface area contributed by atoms with Crippen LogP contribution in [0.15, 0.2) is 53.4 Å². The van der Waals surface area contributed by atoms with E-state index in [9.17, 15) is 4.79 Å². The van der Waals surface area contributed by atoms with Gasteiger partial charge in [0, 0.05) is 23.5 Å². The zero-order valence-corrected chi connectivity index (χ0v) is 16.9. The van der Waals surface area contributed by atoms with Crippen LogP contribution in [0.1, 0.15) is 28.8 Å². The highest BCUT2D eigenvalue weighted by Gasteiger charge is 2.20. The van der Waals surface area contributed by atoms with Crippen LogP contribution >= 0.6 is 11.8 Å². The Kier molecular flexibility index (Phi) is 7.18. The summed E-state index contributed by atoms with van der Waals surface area (Å²) in [4.78, 5) is 16.2. The molecular formula is C22H28N2O2S. The minimum atomic E-state index is -0.0229. The normalized spacial score (nSPS) is 15.5. The van der Waals surface area contributed by atoms with Gasteiger partial charge in [-0.05, 0) is 67.9 Å². The van der Waals surface area contributed by atoms with Gasteiger partial charge in [-0.15, -0.1) is 11.8 Å². The van der Waals surface area contributed by atoms with E-state index in [-0.39, 0.29) is 5.91 Å². The Morgan fingerprint density at radius 2 is 1.96 bits per heavy atom. The number of rotatable bonds is 7. The maximum atomic E-state index is 12.4. The van der Waals surface area contributed by atoms with Crippen molar-refractivity contribution in [3.63, 3.8) is 0 Å². The third kappa shape index (κ3) is 5.50. The first-order chi connectivity index (χ1) is 13.2. The quantitative estimate of drug-likeness (QED) is 0.731. The fourth-order valence-corrected chi connectivity index (χ4v) is 4.14. The molecule has 0 aliphatic carbocycles. The molecule has 0 aromatic heterocycles. The molecule has 1 aliphatic rings. The Bertz CT molecular complexity index is 757. The summed E-state index contributed by atoms with van der Waals surface area (Å²) in [7, 11) is 1.61. The van der Waals surface area contributed by atoms with Gasteiger partial charge in [0.1, 0.15) is 5.75 Å². The topological polar surface area (TPSA) is 41.6 Å². The van der Waals surface area contributed by atoms with E-state index in [1.165, 1.54) is 10.5 Å². The third-order valence-electron chi connectivity index (χ3n) is 5.18. The van der Waals surface area contributed by atoms with Crippen molar-refractivity contribution in [1.82, 2.24) is 10.2 Å². The van der Waals surface area contributed by atoms with E-state index in [1.54, 1.807) is 13.2 Å². The van der Waals surface area contributed by atoms with Crippen LogP contribution in [0.4, 0.5) is 0 Å². The fraction of sp³-hybridized carbons (Fsp3) is 0.409. The average molecular weight is 385 g/mol. The highest BCUT2D eigenvalue weighted by Crippen LogP contribution is 2.24. The Morgan fingerprint density at radius 1 is 1.19 bits per heavy atom. The largest absolute Gasteiger partial charge is 0.497 e. The maximum Gasteiger partial charge on any atom is 0.251 e. The van der Waals surface area contributed by atoms with Crippen LogP contribution in [0.5, 0.6) is 5.75 Å². The maximum absolute atomic E-state index is 12.4. The first-order valence-electron chi connectivity index (χ1n) is 9.46. The van der Waals surface area contributed by atoms with E-state index in [1.807, 2.05) is 30.0 Å². The van der Waals surface area contributed by atoms with Gasteiger partial charge in [-0.1, -0.05) is 24.3 Å². The first kappa shape index (κ1) is 19.8. The van der Waals surface area contributed by atoms with Crippen molar-refractivity contribution in [2.24, 2.45) is 5.92 Å². The molecule has 4 nitrogen and oxygen atoms in total. The lowest BCUT2D eigenvalue weighted by Gasteiger charge is -2.32. The molecule has 27 heavy (non-hydrogen) atoms. The molecule has 1 fully saturated rings. The molecule has 0 spiro atoms. The molecule has 0 bridgehead atoms. The zero-order chi connectivity index (χ0) is 19.1. The molecule has 2 aromatic carbocycles. The number of carbonyl (C=O) groups excluding carboxylic acids is 1. The predicted octanol–water partition coefficient (Wildman–Crippen LogP) is 4.06. The number of piperidine rings is 1. The van der Waals surface area contributed by atoms with Gasteiger partial charge in [0.15, 0.2) is 0 Å². The molecule has 2 aromatic rings. The van der Waals surface area contributed by atoms with E-state index < -0.39 is 0 Å². The van der Waals surface area contributed by atoms with Crippen LogP contribution in [0.3, 0.4) is 0 Å². The lowest BCUT2D eigenvalue weighted by Crippen LogP contribution is -2.38. The molecule has 0 saturated carbocycles. The van der Waals surface area contributed by atoms with Crippen LogP contribution in [-0.4, -0.2) is 43.8 Å². The summed E-state index contributed by atoms with van der Waals surface area (Å²) < 4.78 is 5.19. The molecule has 144 valence electrons. The number of hydrogen-bond acceptors (Lipinski definition) is 4. The molecule has 1 N–H and O–H groups in total. The lowest BCUT2D eigenvalue weighted by molar-refractivity contribution is 0.0935. The number of likely N-dealkylation sites (tertiary alicyclic amines) is 1. The molecular weight excluding hydrogens is 356 g/mol. The Hall–Kier alpha value is -1.98. The van der Waals surface area contributed by atoms with E-state index in [0.717, 1.165) is 39.0 Å². The summed E-state index contributed by atoms with van der Waals surface area (Å²) in [6, 6.07) is 15.9. The molecule has 0 radical (unpaired) electrons. The van der Waals surface area contributed by atoms with Gasteiger partial charge >= 0.3 is 0 Å². The van der Waals surface area contributed by atoms with Gasteiger partial charge in [-0.25, -0.2) is 0 Å². The van der Waals surface area contributed by atoms with Crippen LogP contribution in [-0.2, 0) is 6.54 Å². The summed E-state index contributed by atoms with van der Waals surface area (Å²) in [5.74, 6) is 1.23. The van der Waals surface area contributed by atoms with Crippen molar-refractivity contribution in [1.29, 1.82) is 0 Å². The number of carbonyl (C=O) groups is 1. The van der Waals surface area contributed by atoms with E-state index in [2.05, 4.69) is 40.7 Å². The van der Waals surface area contributed by atoms with Crippen molar-refractivity contribution >= 4 is 17.7 Å². The van der Waals surface area contributed by atoms with Gasteiger partial charge in [-0.2, -0.15) is 0 Å². The molecule has 0 unspecified atom stereocenters. The van der Waals surface area contributed by atoms with Crippen molar-refractivity contribution < 1.29 is 9.53 Å². The van der Waals surface area contributed by atoms with Crippen LogP contribution < -0.4 is 10.1 Å². The second-order valence-electron chi connectivity index (χ2n) is 6.97. The smallest absolute Gasteiger partial charge is 0.251 e. The number of thioether (sulfide) groups is 1. The Morgan fingerprint density at radius 3 is 2.70 bits per heavy atom. The lowest BCUT2D eigenvalue weighted by atomic mass is 9.96. The average Bonchev–Trinajstić information content (AvgIpc) is 2.73. The molecule has 1 saturated heterocycles. The minimum absolute atomic E-state index is 0.0229. The molecule has 1 amide bonds. The summed E-state index contributed by atoms with van der Waals surface area (Å²) >= 11 is 1.81. The van der Waals surface area contributed by atoms with Crippen LogP contribution in [0.25, 0.3) is 0 Å². The Balaban J connectivity index is 1.45. The minimum Gasteiger partial charge on any atom is -0.497 e. The molecule has 3 rings (SSSR count). The highest BCUT2D eigenvalue weighted by molar-refractivity contribution is 7.98. The molecule has 5 heteroatoms. The van der Waals surface area contributed by atoms with E-state index in [4.69, 9.17) is 4.74 Å². The van der Waals surface area contributed by atoms with Crippen molar-refractivity contribution in [3.8, 4) is 5.75 Å². The predicted molar refractivity (Wildman–Crippen MR) is 112 cm³/mol. The number of hydrogen-bond donors (Lipinski definition) is 1. The van der Waals surface area contributed by atoms with Crippen molar-refractivity contribution in [2.75, 3.05) is 33.0 Å². The second kappa shape index (κ2) is 9.81. The third-order valence-corrected chi connectivity index (χ3v) is 6.01. The fourth-order valence-electron chi connectivity index (χ4n) is 3.53. The highest BCUT2D eigenvalue weighted by atomic mass is 32.2. The number of nitrogens with one attached hydrogen (secondary N) is 1. The van der Waals surface area contributed by atoms with E-state index in [0.29, 0.717) is 17.2 Å². The molecule has 1 aliphatic heterocycles. The van der Waals surface area contributed by atoms with Crippen LogP contribution in [0.2, 0.25) is 0 Å². The number of benzene rings is 2. The molecule has 0 atom stereocenters. The number of methoxy groups -OCH3 is 1. The summed E-state index contributed by atoms with van der Waals surface area (Å²) in [6.45, 7) is 3.93. The van der Waals surface area contributed by atoms with Gasteiger partial charge < -0.3 is 10.1 Å². The summed E-state index contributed by atoms with van der Waals surface area (Å²) in [5, 5.41) is 3.09. The Labute approximate surface area is 166 Å². The number of amides is 1. The standard InChI is InChI=1S/C22H28N2O2S/c1-26-20-8-5-7-18(14-20)22(25)23-15-17-10-12-24(13-11-17)16-19-6-3-4-9-21(19)27-2/h3-9,14,17H,10-13,15-16H2,1-2H3,(H,23,25). The van der Waals surface area contributed by atoms with Gasteiger partial charge in [0.2, 0.25) is 0 Å². The molecule has 1 heterocycles. The summed E-state index contributed by atoms with van der Waals surface area (Å²) in [6.07, 6.45) is 4.38. The monoisotopic (exact) mass is 384 g/mol. The zero-order valence-electron chi connectivity index (χ0n) is 16.1. The number of nitrogens with zero attached hydrogens (tertiary/aromatic N) is 1. The van der Waals surface area contributed by atoms with Gasteiger partial charge in [0.05, 0.1) is 7.11 Å². The van der Waals surface area contributed by atoms with Crippen LogP contribution in [0, 0.1) is 5.92 Å². The summed E-state index contributed by atoms with van der Waals surface area (Å²) in [5.41, 5.74) is 2.07.